The molecule has 0 saturated heterocycles. The first kappa shape index (κ1) is 11.7. The normalized spacial score (nSPS) is 12.8. The van der Waals surface area contributed by atoms with Gasteiger partial charge < -0.3 is 10.1 Å². The molecule has 0 aromatic carbocycles. The summed E-state index contributed by atoms with van der Waals surface area (Å²) in [4.78, 5) is 0. The lowest BCUT2D eigenvalue weighted by Crippen LogP contribution is -2.26. The Morgan fingerprint density at radius 1 is 1.50 bits per heavy atom. The third-order valence-electron chi connectivity index (χ3n) is 1.94. The molecule has 2 nitrogen and oxygen atoms in total. The summed E-state index contributed by atoms with van der Waals surface area (Å²) in [5.41, 5.74) is 0. The minimum atomic E-state index is 0.578. The Hall–Kier alpha value is -0.340. The first-order chi connectivity index (χ1) is 5.85. The second kappa shape index (κ2) is 8.75. The van der Waals surface area contributed by atoms with E-state index >= 15 is 0 Å². The molecule has 0 aliphatic carbocycles. The van der Waals surface area contributed by atoms with Crippen molar-refractivity contribution in [3.63, 3.8) is 0 Å². The number of rotatable bonds is 8. The van der Waals surface area contributed by atoms with Gasteiger partial charge in [0.05, 0.1) is 0 Å². The van der Waals surface area contributed by atoms with E-state index in [2.05, 4.69) is 11.9 Å². The summed E-state index contributed by atoms with van der Waals surface area (Å²) >= 11 is 0. The maximum atomic E-state index is 5.28. The van der Waals surface area contributed by atoms with E-state index in [1.54, 1.807) is 0 Å². The van der Waals surface area contributed by atoms with Crippen LogP contribution >= 0.6 is 0 Å². The molecule has 0 aliphatic rings. The van der Waals surface area contributed by atoms with Gasteiger partial charge in [-0.15, -0.1) is 6.58 Å². The molecule has 0 fully saturated rings. The zero-order valence-corrected chi connectivity index (χ0v) is 8.31. The molecule has 1 atom stereocenters. The van der Waals surface area contributed by atoms with Crippen LogP contribution in [0.3, 0.4) is 0 Å². The van der Waals surface area contributed by atoms with E-state index in [-0.39, 0.29) is 0 Å². The van der Waals surface area contributed by atoms with Gasteiger partial charge in [0.2, 0.25) is 0 Å². The van der Waals surface area contributed by atoms with Crippen LogP contribution in [0.2, 0.25) is 0 Å². The molecule has 0 bridgehead atoms. The standard InChI is InChI=1S/C10H21NO/c1-4-6-7-10(11-3)8-9-12-5-2/h4,10-11H,1,5-9H2,2-3H3. The van der Waals surface area contributed by atoms with Gasteiger partial charge in [0.15, 0.2) is 0 Å². The van der Waals surface area contributed by atoms with Gasteiger partial charge in [0, 0.05) is 19.3 Å². The third-order valence-corrected chi connectivity index (χ3v) is 1.94. The number of allylic oxidation sites excluding steroid dienone is 1. The molecule has 0 heterocycles. The lowest BCUT2D eigenvalue weighted by Gasteiger charge is -2.14. The third kappa shape index (κ3) is 6.38. The van der Waals surface area contributed by atoms with Crippen molar-refractivity contribution in [2.45, 2.75) is 32.2 Å². The molecule has 2 heteroatoms. The van der Waals surface area contributed by atoms with Crippen molar-refractivity contribution >= 4 is 0 Å². The van der Waals surface area contributed by atoms with Gasteiger partial charge >= 0.3 is 0 Å². The van der Waals surface area contributed by atoms with Crippen LogP contribution in [0.1, 0.15) is 26.2 Å². The summed E-state index contributed by atoms with van der Waals surface area (Å²) in [7, 11) is 2.00. The quantitative estimate of drug-likeness (QED) is 0.445. The molecule has 12 heavy (non-hydrogen) atoms. The van der Waals surface area contributed by atoms with Crippen LogP contribution in [0.5, 0.6) is 0 Å². The topological polar surface area (TPSA) is 21.3 Å². The number of hydrogen-bond acceptors (Lipinski definition) is 2. The highest BCUT2D eigenvalue weighted by molar-refractivity contribution is 4.72. The number of hydrogen-bond donors (Lipinski definition) is 1. The molecule has 0 saturated carbocycles. The number of ether oxygens (including phenoxy) is 1. The lowest BCUT2D eigenvalue weighted by atomic mass is 10.1. The zero-order valence-electron chi connectivity index (χ0n) is 8.31. The Bertz CT molecular complexity index is 104. The molecular weight excluding hydrogens is 150 g/mol. The Morgan fingerprint density at radius 2 is 2.25 bits per heavy atom. The molecule has 0 aromatic heterocycles. The molecule has 0 aromatic rings. The van der Waals surface area contributed by atoms with Crippen LogP contribution in [0.25, 0.3) is 0 Å². The van der Waals surface area contributed by atoms with Crippen molar-refractivity contribution in [2.24, 2.45) is 0 Å². The second-order valence-electron chi connectivity index (χ2n) is 2.84. The largest absolute Gasteiger partial charge is 0.382 e. The van der Waals surface area contributed by atoms with E-state index in [0.717, 1.165) is 32.5 Å². The van der Waals surface area contributed by atoms with Gasteiger partial charge in [-0.25, -0.2) is 0 Å². The summed E-state index contributed by atoms with van der Waals surface area (Å²) in [6.45, 7) is 7.41. The van der Waals surface area contributed by atoms with Crippen molar-refractivity contribution in [1.82, 2.24) is 5.32 Å². The predicted octanol–water partition coefficient (Wildman–Crippen LogP) is 1.97. The SMILES string of the molecule is C=CCCC(CCOCC)NC. The van der Waals surface area contributed by atoms with Crippen LogP contribution in [0, 0.1) is 0 Å². The zero-order chi connectivity index (χ0) is 9.23. The van der Waals surface area contributed by atoms with Crippen LogP contribution in [-0.4, -0.2) is 26.3 Å². The fourth-order valence-corrected chi connectivity index (χ4v) is 1.12. The first-order valence-corrected chi connectivity index (χ1v) is 4.71. The summed E-state index contributed by atoms with van der Waals surface area (Å²) in [5.74, 6) is 0. The molecule has 0 radical (unpaired) electrons. The van der Waals surface area contributed by atoms with Crippen LogP contribution < -0.4 is 5.32 Å². The highest BCUT2D eigenvalue weighted by Gasteiger charge is 2.03. The monoisotopic (exact) mass is 171 g/mol. The average Bonchev–Trinajstić information content (AvgIpc) is 2.11. The van der Waals surface area contributed by atoms with Crippen molar-refractivity contribution < 1.29 is 4.74 Å². The molecule has 0 rings (SSSR count). The summed E-state index contributed by atoms with van der Waals surface area (Å²) in [6.07, 6.45) is 5.30. The van der Waals surface area contributed by atoms with Crippen LogP contribution in [0.4, 0.5) is 0 Å². The minimum absolute atomic E-state index is 0.578. The second-order valence-corrected chi connectivity index (χ2v) is 2.84. The molecule has 0 spiro atoms. The van der Waals surface area contributed by atoms with E-state index in [0.29, 0.717) is 6.04 Å². The maximum Gasteiger partial charge on any atom is 0.0480 e. The fraction of sp³-hybridized carbons (Fsp3) is 0.800. The van der Waals surface area contributed by atoms with E-state index in [4.69, 9.17) is 4.74 Å². The summed E-state index contributed by atoms with van der Waals surface area (Å²) in [5, 5.41) is 3.27. The van der Waals surface area contributed by atoms with Crippen molar-refractivity contribution in [2.75, 3.05) is 20.3 Å². The van der Waals surface area contributed by atoms with Crippen molar-refractivity contribution in [3.05, 3.63) is 12.7 Å². The maximum absolute atomic E-state index is 5.28. The van der Waals surface area contributed by atoms with Gasteiger partial charge in [0.25, 0.3) is 0 Å². The Kier molecular flexibility index (Phi) is 8.51. The molecule has 1 N–H and O–H groups in total. The van der Waals surface area contributed by atoms with Gasteiger partial charge in [0.1, 0.15) is 0 Å². The van der Waals surface area contributed by atoms with E-state index in [1.165, 1.54) is 0 Å². The highest BCUT2D eigenvalue weighted by atomic mass is 16.5. The molecular formula is C10H21NO. The van der Waals surface area contributed by atoms with Gasteiger partial charge in [-0.1, -0.05) is 6.08 Å². The molecule has 1 unspecified atom stereocenters. The lowest BCUT2D eigenvalue weighted by molar-refractivity contribution is 0.136. The van der Waals surface area contributed by atoms with Crippen LogP contribution in [0.15, 0.2) is 12.7 Å². The van der Waals surface area contributed by atoms with Gasteiger partial charge in [-0.05, 0) is 33.2 Å². The van der Waals surface area contributed by atoms with Crippen molar-refractivity contribution in [3.8, 4) is 0 Å². The highest BCUT2D eigenvalue weighted by Crippen LogP contribution is 2.01. The molecule has 72 valence electrons. The molecule has 0 amide bonds. The van der Waals surface area contributed by atoms with E-state index in [1.807, 2.05) is 20.0 Å². The minimum Gasteiger partial charge on any atom is -0.382 e. The fourth-order valence-electron chi connectivity index (χ4n) is 1.12. The number of nitrogens with one attached hydrogen (secondary N) is 1. The van der Waals surface area contributed by atoms with E-state index < -0.39 is 0 Å². The van der Waals surface area contributed by atoms with Crippen molar-refractivity contribution in [1.29, 1.82) is 0 Å². The van der Waals surface area contributed by atoms with Crippen LogP contribution in [-0.2, 0) is 4.74 Å². The predicted molar refractivity (Wildman–Crippen MR) is 53.4 cm³/mol. The Morgan fingerprint density at radius 3 is 2.75 bits per heavy atom. The smallest absolute Gasteiger partial charge is 0.0480 e. The first-order valence-electron chi connectivity index (χ1n) is 4.71. The average molecular weight is 171 g/mol. The summed E-state index contributed by atoms with van der Waals surface area (Å²) in [6, 6.07) is 0.578. The molecule has 0 aliphatic heterocycles. The Balaban J connectivity index is 3.32. The Labute approximate surface area is 76.0 Å². The summed E-state index contributed by atoms with van der Waals surface area (Å²) < 4.78 is 5.28. The van der Waals surface area contributed by atoms with Gasteiger partial charge in [-0.3, -0.25) is 0 Å². The van der Waals surface area contributed by atoms with Gasteiger partial charge in [-0.2, -0.15) is 0 Å². The van der Waals surface area contributed by atoms with E-state index in [9.17, 15) is 0 Å².